The molecular formula is C24H25F2IN2O2S. The van der Waals surface area contributed by atoms with Gasteiger partial charge in [-0.05, 0) is 53.8 Å². The van der Waals surface area contributed by atoms with Crippen molar-refractivity contribution in [3.8, 4) is 11.5 Å². The second kappa shape index (κ2) is 12.6. The zero-order chi connectivity index (χ0) is 22.2. The van der Waals surface area contributed by atoms with Gasteiger partial charge in [-0.1, -0.05) is 36.0 Å². The third-order valence-corrected chi connectivity index (χ3v) is 5.36. The predicted octanol–water partition coefficient (Wildman–Crippen LogP) is 6.65. The molecule has 3 aromatic rings. The lowest BCUT2D eigenvalue weighted by molar-refractivity contribution is 0.405. The largest absolute Gasteiger partial charge is 0.497 e. The molecule has 0 N–H and O–H groups in total. The van der Waals surface area contributed by atoms with Crippen molar-refractivity contribution in [3.63, 3.8) is 0 Å². The third kappa shape index (κ3) is 7.09. The van der Waals surface area contributed by atoms with Gasteiger partial charge in [-0.25, -0.2) is 13.8 Å². The van der Waals surface area contributed by atoms with E-state index in [2.05, 4.69) is 9.89 Å². The lowest BCUT2D eigenvalue weighted by atomic mass is 10.1. The van der Waals surface area contributed by atoms with E-state index in [4.69, 9.17) is 9.47 Å². The molecule has 0 unspecified atom stereocenters. The molecule has 0 aliphatic carbocycles. The SMILES string of the molecule is COc1ccc(CN(Cc2ccc(OC)cc2)C(=Nc2ccc(F)cc2F)SC)cc1.I. The third-order valence-electron chi connectivity index (χ3n) is 4.64. The highest BCUT2D eigenvalue weighted by Gasteiger charge is 2.15. The molecular weight excluding hydrogens is 545 g/mol. The molecule has 0 aliphatic rings. The molecule has 0 saturated carbocycles. The Hall–Kier alpha value is -2.33. The highest BCUT2D eigenvalue weighted by Crippen LogP contribution is 2.24. The smallest absolute Gasteiger partial charge is 0.164 e. The van der Waals surface area contributed by atoms with Crippen molar-refractivity contribution in [1.82, 2.24) is 4.90 Å². The van der Waals surface area contributed by atoms with E-state index in [9.17, 15) is 8.78 Å². The molecule has 0 bridgehead atoms. The Morgan fingerprint density at radius 1 is 0.844 bits per heavy atom. The van der Waals surface area contributed by atoms with Crippen molar-refractivity contribution in [2.45, 2.75) is 13.1 Å². The quantitative estimate of drug-likeness (QED) is 0.181. The van der Waals surface area contributed by atoms with Crippen LogP contribution in [0.5, 0.6) is 11.5 Å². The molecule has 0 amide bonds. The van der Waals surface area contributed by atoms with Crippen molar-refractivity contribution in [2.24, 2.45) is 4.99 Å². The second-order valence-electron chi connectivity index (χ2n) is 6.75. The number of hydrogen-bond donors (Lipinski definition) is 0. The summed E-state index contributed by atoms with van der Waals surface area (Å²) in [6, 6.07) is 18.9. The summed E-state index contributed by atoms with van der Waals surface area (Å²) in [6.45, 7) is 1.11. The van der Waals surface area contributed by atoms with Crippen LogP contribution >= 0.6 is 35.7 Å². The van der Waals surface area contributed by atoms with Gasteiger partial charge in [0.2, 0.25) is 0 Å². The van der Waals surface area contributed by atoms with Crippen LogP contribution in [0.2, 0.25) is 0 Å². The zero-order valence-electron chi connectivity index (χ0n) is 18.0. The van der Waals surface area contributed by atoms with E-state index < -0.39 is 11.6 Å². The van der Waals surface area contributed by atoms with Crippen molar-refractivity contribution in [3.05, 3.63) is 89.5 Å². The van der Waals surface area contributed by atoms with Crippen molar-refractivity contribution in [2.75, 3.05) is 20.5 Å². The molecule has 3 rings (SSSR count). The van der Waals surface area contributed by atoms with E-state index in [-0.39, 0.29) is 29.7 Å². The van der Waals surface area contributed by atoms with Crippen molar-refractivity contribution < 1.29 is 18.3 Å². The van der Waals surface area contributed by atoms with Gasteiger partial charge in [0.1, 0.15) is 23.0 Å². The van der Waals surface area contributed by atoms with Gasteiger partial charge in [0.15, 0.2) is 11.0 Å². The summed E-state index contributed by atoms with van der Waals surface area (Å²) in [5, 5.41) is 0.622. The van der Waals surface area contributed by atoms with Crippen LogP contribution < -0.4 is 9.47 Å². The Morgan fingerprint density at radius 3 is 1.75 bits per heavy atom. The zero-order valence-corrected chi connectivity index (χ0v) is 21.2. The van der Waals surface area contributed by atoms with E-state index in [1.54, 1.807) is 14.2 Å². The minimum atomic E-state index is -0.694. The first-order valence-corrected chi connectivity index (χ1v) is 10.8. The van der Waals surface area contributed by atoms with Gasteiger partial charge in [0.25, 0.3) is 0 Å². The van der Waals surface area contributed by atoms with Crippen LogP contribution in [0.3, 0.4) is 0 Å². The minimum Gasteiger partial charge on any atom is -0.497 e. The molecule has 8 heteroatoms. The number of methoxy groups -OCH3 is 2. The summed E-state index contributed by atoms with van der Waals surface area (Å²) in [6.07, 6.45) is 1.88. The molecule has 0 radical (unpaired) electrons. The Labute approximate surface area is 208 Å². The van der Waals surface area contributed by atoms with Gasteiger partial charge >= 0.3 is 0 Å². The maximum Gasteiger partial charge on any atom is 0.164 e. The maximum atomic E-state index is 14.2. The lowest BCUT2D eigenvalue weighted by Crippen LogP contribution is -2.27. The second-order valence-corrected chi connectivity index (χ2v) is 7.52. The molecule has 0 aliphatic heterocycles. The molecule has 0 heterocycles. The summed E-state index contributed by atoms with van der Waals surface area (Å²) < 4.78 is 38.0. The predicted molar refractivity (Wildman–Crippen MR) is 138 cm³/mol. The summed E-state index contributed by atoms with van der Waals surface area (Å²) in [5.41, 5.74) is 2.20. The standard InChI is InChI=1S/C24H24F2N2O2S.HI/c1-29-20-9-4-17(5-10-20)15-28(16-18-6-11-21(30-2)12-7-18)24(31-3)27-23-13-8-19(25)14-22(23)26;/h4-14H,15-16H2,1-3H3;1H. The van der Waals surface area contributed by atoms with Gasteiger partial charge in [0, 0.05) is 19.2 Å². The lowest BCUT2D eigenvalue weighted by Gasteiger charge is -2.26. The fourth-order valence-corrected chi connectivity index (χ4v) is 3.59. The van der Waals surface area contributed by atoms with Crippen molar-refractivity contribution in [1.29, 1.82) is 0 Å². The van der Waals surface area contributed by atoms with Crippen molar-refractivity contribution >= 4 is 46.6 Å². The average molecular weight is 570 g/mol. The number of aliphatic imine (C=N–C) groups is 1. The number of thioether (sulfide) groups is 1. The highest BCUT2D eigenvalue weighted by molar-refractivity contribution is 14.0. The molecule has 170 valence electrons. The summed E-state index contributed by atoms with van der Waals surface area (Å²) in [4.78, 5) is 6.55. The summed E-state index contributed by atoms with van der Waals surface area (Å²) in [7, 11) is 3.25. The monoisotopic (exact) mass is 570 g/mol. The van der Waals surface area contributed by atoms with Crippen LogP contribution in [0, 0.1) is 11.6 Å². The van der Waals surface area contributed by atoms with E-state index >= 15 is 0 Å². The van der Waals surface area contributed by atoms with Gasteiger partial charge < -0.3 is 14.4 Å². The Balaban J connectivity index is 0.00000363. The number of nitrogens with zero attached hydrogens (tertiary/aromatic N) is 2. The summed E-state index contributed by atoms with van der Waals surface area (Å²) >= 11 is 1.41. The van der Waals surface area contributed by atoms with E-state index in [0.717, 1.165) is 28.7 Å². The highest BCUT2D eigenvalue weighted by atomic mass is 127. The van der Waals surface area contributed by atoms with Crippen LogP contribution in [0.25, 0.3) is 0 Å². The van der Waals surface area contributed by atoms with Gasteiger partial charge in [-0.3, -0.25) is 0 Å². The normalized spacial score (nSPS) is 11.0. The Kier molecular flexibility index (Phi) is 10.2. The molecule has 4 nitrogen and oxygen atoms in total. The van der Waals surface area contributed by atoms with E-state index in [0.29, 0.717) is 18.3 Å². The molecule has 0 fully saturated rings. The van der Waals surface area contributed by atoms with Gasteiger partial charge in [0.05, 0.1) is 14.2 Å². The Morgan fingerprint density at radius 2 is 1.34 bits per heavy atom. The number of ether oxygens (including phenoxy) is 2. The van der Waals surface area contributed by atoms with Crippen LogP contribution in [-0.4, -0.2) is 30.5 Å². The number of rotatable bonds is 7. The topological polar surface area (TPSA) is 34.1 Å². The molecule has 0 saturated heterocycles. The molecule has 0 atom stereocenters. The minimum absolute atomic E-state index is 0. The van der Waals surface area contributed by atoms with E-state index in [1.807, 2.05) is 54.8 Å². The molecule has 0 spiro atoms. The fraction of sp³-hybridized carbons (Fsp3) is 0.208. The first-order valence-electron chi connectivity index (χ1n) is 9.61. The Bertz CT molecular complexity index is 982. The average Bonchev–Trinajstić information content (AvgIpc) is 2.79. The van der Waals surface area contributed by atoms with Gasteiger partial charge in [-0.15, -0.1) is 24.0 Å². The fourth-order valence-electron chi connectivity index (χ4n) is 3.01. The van der Waals surface area contributed by atoms with Crippen LogP contribution in [0.1, 0.15) is 11.1 Å². The maximum absolute atomic E-state index is 14.2. The molecule has 3 aromatic carbocycles. The number of amidine groups is 1. The summed E-state index contributed by atoms with van der Waals surface area (Å²) in [5.74, 6) is 0.228. The molecule has 0 aromatic heterocycles. The first kappa shape index (κ1) is 25.9. The number of benzene rings is 3. The van der Waals surface area contributed by atoms with E-state index in [1.165, 1.54) is 23.9 Å². The van der Waals surface area contributed by atoms with Gasteiger partial charge in [-0.2, -0.15) is 0 Å². The number of halogens is 3. The van der Waals surface area contributed by atoms with Crippen LogP contribution in [0.15, 0.2) is 71.7 Å². The molecule has 32 heavy (non-hydrogen) atoms. The number of hydrogen-bond acceptors (Lipinski definition) is 4. The van der Waals surface area contributed by atoms with Crippen LogP contribution in [0.4, 0.5) is 14.5 Å². The first-order chi connectivity index (χ1) is 15.0. The van der Waals surface area contributed by atoms with Crippen LogP contribution in [-0.2, 0) is 13.1 Å².